The number of aromatic nitrogens is 3. The number of anilines is 1. The third-order valence-electron chi connectivity index (χ3n) is 2.10. The lowest BCUT2D eigenvalue weighted by Gasteiger charge is -2.08. The zero-order chi connectivity index (χ0) is 11.4. The van der Waals surface area contributed by atoms with Gasteiger partial charge < -0.3 is 5.73 Å². The number of carbonyl (C=O) groups is 1. The molecular formula is C9H15N5O. The van der Waals surface area contributed by atoms with E-state index in [2.05, 4.69) is 20.5 Å². The number of nitrogens with two attached hydrogens (primary N) is 1. The first-order chi connectivity index (χ1) is 7.04. The summed E-state index contributed by atoms with van der Waals surface area (Å²) in [4.78, 5) is 15.5. The molecule has 0 aliphatic carbocycles. The molecule has 1 rings (SSSR count). The highest BCUT2D eigenvalue weighted by Gasteiger charge is 2.12. The summed E-state index contributed by atoms with van der Waals surface area (Å²) in [6, 6.07) is -0.532. The molecular weight excluding hydrogens is 194 g/mol. The summed E-state index contributed by atoms with van der Waals surface area (Å²) < 4.78 is 0. The predicted octanol–water partition coefficient (Wildman–Crippen LogP) is 0.164. The summed E-state index contributed by atoms with van der Waals surface area (Å²) in [5.74, 6) is -0.0884. The Kier molecular flexibility index (Phi) is 3.68. The van der Waals surface area contributed by atoms with Crippen molar-refractivity contribution >= 4 is 11.9 Å². The van der Waals surface area contributed by atoms with Gasteiger partial charge in [0.2, 0.25) is 11.9 Å². The average molecular weight is 209 g/mol. The molecule has 3 N–H and O–H groups in total. The second-order valence-electron chi connectivity index (χ2n) is 3.31. The van der Waals surface area contributed by atoms with Gasteiger partial charge in [0.15, 0.2) is 0 Å². The fraction of sp³-hybridized carbons (Fsp3) is 0.556. The predicted molar refractivity (Wildman–Crippen MR) is 56.2 cm³/mol. The summed E-state index contributed by atoms with van der Waals surface area (Å²) in [5.41, 5.74) is 7.03. The van der Waals surface area contributed by atoms with E-state index in [4.69, 9.17) is 5.73 Å². The maximum atomic E-state index is 11.4. The molecule has 1 heterocycles. The van der Waals surface area contributed by atoms with E-state index in [9.17, 15) is 4.79 Å². The molecule has 0 fully saturated rings. The van der Waals surface area contributed by atoms with E-state index >= 15 is 0 Å². The zero-order valence-electron chi connectivity index (χ0n) is 9.11. The minimum atomic E-state index is -0.532. The minimum Gasteiger partial charge on any atom is -0.320 e. The molecule has 15 heavy (non-hydrogen) atoms. The van der Waals surface area contributed by atoms with Crippen LogP contribution in [0, 0.1) is 13.8 Å². The van der Waals surface area contributed by atoms with Gasteiger partial charge in [-0.3, -0.25) is 10.1 Å². The zero-order valence-corrected chi connectivity index (χ0v) is 9.11. The molecule has 0 saturated heterocycles. The van der Waals surface area contributed by atoms with E-state index in [-0.39, 0.29) is 11.9 Å². The summed E-state index contributed by atoms with van der Waals surface area (Å²) >= 11 is 0. The molecule has 1 aromatic heterocycles. The molecule has 0 radical (unpaired) electrons. The summed E-state index contributed by atoms with van der Waals surface area (Å²) in [6.07, 6.45) is 0.574. The van der Waals surface area contributed by atoms with Crippen LogP contribution in [-0.2, 0) is 4.79 Å². The number of nitrogens with one attached hydrogen (secondary N) is 1. The quantitative estimate of drug-likeness (QED) is 0.739. The Balaban J connectivity index is 2.73. The van der Waals surface area contributed by atoms with E-state index in [1.807, 2.05) is 6.92 Å². The van der Waals surface area contributed by atoms with Crippen LogP contribution in [0.25, 0.3) is 0 Å². The topological polar surface area (TPSA) is 93.8 Å². The second kappa shape index (κ2) is 4.79. The van der Waals surface area contributed by atoms with Crippen molar-refractivity contribution in [2.75, 3.05) is 5.32 Å². The van der Waals surface area contributed by atoms with Crippen LogP contribution in [0.5, 0.6) is 0 Å². The minimum absolute atomic E-state index is 0.201. The maximum Gasteiger partial charge on any atom is 0.249 e. The Morgan fingerprint density at radius 2 is 2.07 bits per heavy atom. The monoisotopic (exact) mass is 209 g/mol. The third kappa shape index (κ3) is 2.95. The first kappa shape index (κ1) is 11.5. The third-order valence-corrected chi connectivity index (χ3v) is 2.10. The number of amides is 1. The summed E-state index contributed by atoms with van der Waals surface area (Å²) in [7, 11) is 0. The van der Waals surface area contributed by atoms with Gasteiger partial charge in [-0.15, -0.1) is 5.10 Å². The van der Waals surface area contributed by atoms with Crippen molar-refractivity contribution in [1.29, 1.82) is 0 Å². The largest absolute Gasteiger partial charge is 0.320 e. The molecule has 0 bridgehead atoms. The number of aryl methyl sites for hydroxylation is 2. The fourth-order valence-corrected chi connectivity index (χ4v) is 0.898. The molecule has 0 saturated carbocycles. The van der Waals surface area contributed by atoms with Crippen LogP contribution in [0.2, 0.25) is 0 Å². The van der Waals surface area contributed by atoms with Gasteiger partial charge in [-0.1, -0.05) is 6.92 Å². The first-order valence-corrected chi connectivity index (χ1v) is 4.79. The molecule has 6 nitrogen and oxygen atoms in total. The molecule has 0 aliphatic rings. The molecule has 0 aromatic carbocycles. The molecule has 1 atom stereocenters. The first-order valence-electron chi connectivity index (χ1n) is 4.79. The van der Waals surface area contributed by atoms with E-state index in [0.717, 1.165) is 11.4 Å². The highest BCUT2D eigenvalue weighted by atomic mass is 16.2. The Morgan fingerprint density at radius 1 is 1.40 bits per heavy atom. The van der Waals surface area contributed by atoms with Crippen molar-refractivity contribution in [3.8, 4) is 0 Å². The Hall–Kier alpha value is -1.56. The molecule has 82 valence electrons. The maximum absolute atomic E-state index is 11.4. The SMILES string of the molecule is CC[C@H](N)C(=O)Nc1nnc(C)c(C)n1. The number of hydrogen-bond acceptors (Lipinski definition) is 5. The van der Waals surface area contributed by atoms with Gasteiger partial charge in [0, 0.05) is 0 Å². The average Bonchev–Trinajstić information content (AvgIpc) is 2.22. The molecule has 1 amide bonds. The number of carbonyl (C=O) groups excluding carboxylic acids is 1. The van der Waals surface area contributed by atoms with Gasteiger partial charge in [0.05, 0.1) is 17.4 Å². The van der Waals surface area contributed by atoms with Crippen LogP contribution < -0.4 is 11.1 Å². The number of rotatable bonds is 3. The highest BCUT2D eigenvalue weighted by molar-refractivity contribution is 5.93. The molecule has 0 aliphatic heterocycles. The van der Waals surface area contributed by atoms with Crippen molar-refractivity contribution in [3.63, 3.8) is 0 Å². The number of nitrogens with zero attached hydrogens (tertiary/aromatic N) is 3. The molecule has 0 unspecified atom stereocenters. The molecule has 0 spiro atoms. The van der Waals surface area contributed by atoms with Gasteiger partial charge in [-0.25, -0.2) is 4.98 Å². The van der Waals surface area contributed by atoms with Crippen LogP contribution in [0.15, 0.2) is 0 Å². The van der Waals surface area contributed by atoms with Gasteiger partial charge in [-0.2, -0.15) is 5.10 Å². The van der Waals surface area contributed by atoms with Crippen molar-refractivity contribution in [2.24, 2.45) is 5.73 Å². The van der Waals surface area contributed by atoms with E-state index in [1.165, 1.54) is 0 Å². The van der Waals surface area contributed by atoms with Crippen molar-refractivity contribution in [1.82, 2.24) is 15.2 Å². The van der Waals surface area contributed by atoms with Crippen molar-refractivity contribution in [3.05, 3.63) is 11.4 Å². The molecule has 1 aromatic rings. The normalized spacial score (nSPS) is 12.3. The summed E-state index contributed by atoms with van der Waals surface area (Å²) in [5, 5.41) is 10.1. The van der Waals surface area contributed by atoms with Crippen LogP contribution in [0.4, 0.5) is 5.95 Å². The summed E-state index contributed by atoms with van der Waals surface area (Å²) in [6.45, 7) is 5.45. The molecule has 6 heteroatoms. The van der Waals surface area contributed by atoms with E-state index in [0.29, 0.717) is 6.42 Å². The van der Waals surface area contributed by atoms with Crippen LogP contribution in [0.1, 0.15) is 24.7 Å². The van der Waals surface area contributed by atoms with E-state index in [1.54, 1.807) is 13.8 Å². The number of hydrogen-bond donors (Lipinski definition) is 2. The Bertz CT molecular complexity index is 366. The van der Waals surface area contributed by atoms with Gasteiger partial charge >= 0.3 is 0 Å². The lowest BCUT2D eigenvalue weighted by atomic mass is 10.2. The lowest BCUT2D eigenvalue weighted by molar-refractivity contribution is -0.117. The van der Waals surface area contributed by atoms with Crippen LogP contribution in [-0.4, -0.2) is 27.1 Å². The standard InChI is InChI=1S/C9H15N5O/c1-4-7(10)8(15)12-9-11-5(2)6(3)13-14-9/h7H,4,10H2,1-3H3,(H,11,12,14,15)/t7-/m0/s1. The second-order valence-corrected chi connectivity index (χ2v) is 3.31. The lowest BCUT2D eigenvalue weighted by Crippen LogP contribution is -2.35. The van der Waals surface area contributed by atoms with Gasteiger partial charge in [0.1, 0.15) is 0 Å². The van der Waals surface area contributed by atoms with Gasteiger partial charge in [0.25, 0.3) is 0 Å². The highest BCUT2D eigenvalue weighted by Crippen LogP contribution is 2.02. The van der Waals surface area contributed by atoms with Crippen molar-refractivity contribution in [2.45, 2.75) is 33.2 Å². The van der Waals surface area contributed by atoms with Gasteiger partial charge in [-0.05, 0) is 20.3 Å². The fourth-order valence-electron chi connectivity index (χ4n) is 0.898. The van der Waals surface area contributed by atoms with Crippen LogP contribution >= 0.6 is 0 Å². The Morgan fingerprint density at radius 3 is 2.60 bits per heavy atom. The van der Waals surface area contributed by atoms with Crippen LogP contribution in [0.3, 0.4) is 0 Å². The van der Waals surface area contributed by atoms with E-state index < -0.39 is 6.04 Å². The Labute approximate surface area is 88.3 Å². The smallest absolute Gasteiger partial charge is 0.249 e. The van der Waals surface area contributed by atoms with Crippen molar-refractivity contribution < 1.29 is 4.79 Å².